The molecule has 0 saturated carbocycles. The summed E-state index contributed by atoms with van der Waals surface area (Å²) in [5.74, 6) is -5.45. The van der Waals surface area contributed by atoms with Crippen molar-refractivity contribution in [2.24, 2.45) is 11.8 Å². The average molecular weight is 396 g/mol. The minimum absolute atomic E-state index is 0.157. The highest BCUT2D eigenvalue weighted by Gasteiger charge is 2.53. The maximum atomic E-state index is 12.9. The van der Waals surface area contributed by atoms with Crippen LogP contribution >= 0.6 is 15.9 Å². The van der Waals surface area contributed by atoms with Crippen molar-refractivity contribution >= 4 is 27.8 Å². The largest absolute Gasteiger partial charge is 0.496 e. The van der Waals surface area contributed by atoms with Gasteiger partial charge < -0.3 is 14.7 Å². The van der Waals surface area contributed by atoms with E-state index in [-0.39, 0.29) is 5.56 Å². The first-order valence-electron chi connectivity index (χ1n) is 6.57. The third kappa shape index (κ3) is 3.60. The molecule has 1 aromatic rings. The number of carbonyl (C=O) groups is 2. The SMILES string of the molecule is COc1ccc(C(=O)N2C[C@@H](C(F)(F)F)[C@H](C(=O)O)C2)cc1Br. The van der Waals surface area contributed by atoms with E-state index in [9.17, 15) is 22.8 Å². The number of hydrogen-bond donors (Lipinski definition) is 1. The molecule has 0 aliphatic carbocycles. The number of rotatable bonds is 3. The van der Waals surface area contributed by atoms with Crippen LogP contribution in [0.15, 0.2) is 22.7 Å². The molecule has 23 heavy (non-hydrogen) atoms. The second kappa shape index (κ2) is 6.38. The van der Waals surface area contributed by atoms with Gasteiger partial charge in [-0.15, -0.1) is 0 Å². The Morgan fingerprint density at radius 3 is 2.43 bits per heavy atom. The molecule has 126 valence electrons. The Kier molecular flexibility index (Phi) is 4.88. The van der Waals surface area contributed by atoms with Crippen LogP contribution in [-0.2, 0) is 4.79 Å². The molecule has 1 N–H and O–H groups in total. The van der Waals surface area contributed by atoms with Gasteiger partial charge in [-0.25, -0.2) is 0 Å². The highest BCUT2D eigenvalue weighted by Crippen LogP contribution is 2.38. The number of hydrogen-bond acceptors (Lipinski definition) is 3. The first-order valence-corrected chi connectivity index (χ1v) is 7.36. The quantitative estimate of drug-likeness (QED) is 0.854. The van der Waals surface area contributed by atoms with Crippen LogP contribution in [0, 0.1) is 11.8 Å². The van der Waals surface area contributed by atoms with Crippen molar-refractivity contribution in [2.45, 2.75) is 6.18 Å². The molecule has 2 rings (SSSR count). The number of carboxylic acid groups (broad SMARTS) is 1. The van der Waals surface area contributed by atoms with E-state index in [1.54, 1.807) is 0 Å². The molecule has 1 heterocycles. The van der Waals surface area contributed by atoms with Gasteiger partial charge in [-0.05, 0) is 34.1 Å². The molecule has 0 radical (unpaired) electrons. The maximum Gasteiger partial charge on any atom is 0.394 e. The van der Waals surface area contributed by atoms with Crippen LogP contribution in [-0.4, -0.2) is 48.3 Å². The number of aliphatic carboxylic acids is 1. The number of ether oxygens (including phenoxy) is 1. The van der Waals surface area contributed by atoms with E-state index in [4.69, 9.17) is 9.84 Å². The van der Waals surface area contributed by atoms with E-state index < -0.39 is 43.0 Å². The number of carbonyl (C=O) groups excluding carboxylic acids is 1. The molecule has 2 atom stereocenters. The third-order valence-electron chi connectivity index (χ3n) is 3.74. The van der Waals surface area contributed by atoms with Gasteiger partial charge in [-0.1, -0.05) is 0 Å². The van der Waals surface area contributed by atoms with Crippen molar-refractivity contribution in [3.63, 3.8) is 0 Å². The Hall–Kier alpha value is -1.77. The van der Waals surface area contributed by atoms with E-state index in [1.807, 2.05) is 0 Å². The fourth-order valence-electron chi connectivity index (χ4n) is 2.53. The maximum absolute atomic E-state index is 12.9. The lowest BCUT2D eigenvalue weighted by atomic mass is 9.96. The first-order chi connectivity index (χ1) is 10.6. The van der Waals surface area contributed by atoms with Gasteiger partial charge in [-0.3, -0.25) is 9.59 Å². The molecule has 1 aliphatic heterocycles. The van der Waals surface area contributed by atoms with Crippen LogP contribution in [0.1, 0.15) is 10.4 Å². The van der Waals surface area contributed by atoms with Crippen LogP contribution in [0.3, 0.4) is 0 Å². The molecule has 0 spiro atoms. The molecule has 5 nitrogen and oxygen atoms in total. The first kappa shape index (κ1) is 17.6. The summed E-state index contributed by atoms with van der Waals surface area (Å²) in [4.78, 5) is 24.3. The van der Waals surface area contributed by atoms with Crippen molar-refractivity contribution in [3.8, 4) is 5.75 Å². The Labute approximate surface area is 138 Å². The van der Waals surface area contributed by atoms with Crippen molar-refractivity contribution in [2.75, 3.05) is 20.2 Å². The van der Waals surface area contributed by atoms with Gasteiger partial charge in [0.1, 0.15) is 5.75 Å². The second-order valence-electron chi connectivity index (χ2n) is 5.15. The van der Waals surface area contributed by atoms with Crippen LogP contribution in [0.5, 0.6) is 5.75 Å². The average Bonchev–Trinajstić information content (AvgIpc) is 2.92. The molecule has 1 aromatic carbocycles. The summed E-state index contributed by atoms with van der Waals surface area (Å²) >= 11 is 3.19. The number of benzene rings is 1. The predicted molar refractivity (Wildman–Crippen MR) is 77.3 cm³/mol. The van der Waals surface area contributed by atoms with Gasteiger partial charge in [0.25, 0.3) is 5.91 Å². The zero-order valence-electron chi connectivity index (χ0n) is 11.9. The van der Waals surface area contributed by atoms with Crippen molar-refractivity contribution in [1.29, 1.82) is 0 Å². The summed E-state index contributed by atoms with van der Waals surface area (Å²) in [7, 11) is 1.44. The van der Waals surface area contributed by atoms with Crippen molar-refractivity contribution < 1.29 is 32.6 Å². The molecule has 1 aliphatic rings. The molecular weight excluding hydrogens is 383 g/mol. The van der Waals surface area contributed by atoms with Gasteiger partial charge in [0.2, 0.25) is 0 Å². The molecule has 0 bridgehead atoms. The summed E-state index contributed by atoms with van der Waals surface area (Å²) in [6, 6.07) is 4.35. The number of methoxy groups -OCH3 is 1. The Balaban J connectivity index is 2.24. The number of likely N-dealkylation sites (tertiary alicyclic amines) is 1. The van der Waals surface area contributed by atoms with E-state index in [0.29, 0.717) is 10.2 Å². The Morgan fingerprint density at radius 1 is 1.35 bits per heavy atom. The van der Waals surface area contributed by atoms with E-state index in [0.717, 1.165) is 4.90 Å². The monoisotopic (exact) mass is 395 g/mol. The van der Waals surface area contributed by atoms with Crippen LogP contribution in [0.25, 0.3) is 0 Å². The van der Waals surface area contributed by atoms with Gasteiger partial charge in [0, 0.05) is 18.7 Å². The zero-order valence-corrected chi connectivity index (χ0v) is 13.5. The number of carboxylic acids is 1. The molecule has 1 fully saturated rings. The van der Waals surface area contributed by atoms with Gasteiger partial charge in [0.15, 0.2) is 0 Å². The van der Waals surface area contributed by atoms with E-state index in [2.05, 4.69) is 15.9 Å². The molecule has 9 heteroatoms. The van der Waals surface area contributed by atoms with Gasteiger partial charge in [0.05, 0.1) is 23.4 Å². The summed E-state index contributed by atoms with van der Waals surface area (Å²) in [6.45, 7) is -1.13. The summed E-state index contributed by atoms with van der Waals surface area (Å²) < 4.78 is 44.3. The van der Waals surface area contributed by atoms with E-state index in [1.165, 1.54) is 25.3 Å². The van der Waals surface area contributed by atoms with Gasteiger partial charge in [-0.2, -0.15) is 13.2 Å². The highest BCUT2D eigenvalue weighted by atomic mass is 79.9. The highest BCUT2D eigenvalue weighted by molar-refractivity contribution is 9.10. The third-order valence-corrected chi connectivity index (χ3v) is 4.36. The fraction of sp³-hybridized carbons (Fsp3) is 0.429. The van der Waals surface area contributed by atoms with Crippen molar-refractivity contribution in [3.05, 3.63) is 28.2 Å². The number of halogens is 4. The van der Waals surface area contributed by atoms with Gasteiger partial charge >= 0.3 is 12.1 Å². The molecule has 0 unspecified atom stereocenters. The number of nitrogens with zero attached hydrogens (tertiary/aromatic N) is 1. The lowest BCUT2D eigenvalue weighted by Crippen LogP contribution is -2.34. The molecular formula is C14H13BrF3NO4. The molecule has 1 saturated heterocycles. The normalized spacial score (nSPS) is 21.3. The Bertz CT molecular complexity index is 635. The Morgan fingerprint density at radius 2 is 2.00 bits per heavy atom. The van der Waals surface area contributed by atoms with Crippen LogP contribution < -0.4 is 4.74 Å². The zero-order chi connectivity index (χ0) is 17.4. The van der Waals surface area contributed by atoms with E-state index >= 15 is 0 Å². The smallest absolute Gasteiger partial charge is 0.394 e. The predicted octanol–water partition coefficient (Wildman–Crippen LogP) is 2.79. The van der Waals surface area contributed by atoms with Crippen LogP contribution in [0.4, 0.5) is 13.2 Å². The number of amides is 1. The second-order valence-corrected chi connectivity index (χ2v) is 6.01. The summed E-state index contributed by atoms with van der Waals surface area (Å²) in [5.41, 5.74) is 0.157. The lowest BCUT2D eigenvalue weighted by Gasteiger charge is -2.18. The van der Waals surface area contributed by atoms with Crippen LogP contribution in [0.2, 0.25) is 0 Å². The number of alkyl halides is 3. The summed E-state index contributed by atoms with van der Waals surface area (Å²) in [5, 5.41) is 8.97. The minimum Gasteiger partial charge on any atom is -0.496 e. The molecule has 1 amide bonds. The topological polar surface area (TPSA) is 66.8 Å². The lowest BCUT2D eigenvalue weighted by molar-refractivity contribution is -0.187. The molecule has 0 aromatic heterocycles. The summed E-state index contributed by atoms with van der Waals surface area (Å²) in [6.07, 6.45) is -4.67. The standard InChI is InChI=1S/C14H13BrF3NO4/c1-23-11-3-2-7(4-10(11)15)12(20)19-5-8(13(21)22)9(6-19)14(16,17)18/h2-4,8-9H,5-6H2,1H3,(H,21,22)/t8-,9-/m1/s1. The fourth-order valence-corrected chi connectivity index (χ4v) is 3.07. The van der Waals surface area contributed by atoms with Crippen molar-refractivity contribution in [1.82, 2.24) is 4.90 Å². The minimum atomic E-state index is -4.67.